The molecule has 4 nitrogen and oxygen atoms in total. The maximum absolute atomic E-state index is 6.69. The Morgan fingerprint density at radius 2 is 1.56 bits per heavy atom. The molecular weight excluding hydrogens is 545 g/mol. The highest BCUT2D eigenvalue weighted by Crippen LogP contribution is 2.51. The average Bonchev–Trinajstić information content (AvgIpc) is 3.61. The smallest absolute Gasteiger partial charge is 0.149 e. The average molecular weight is 575 g/mol. The molecule has 2 heterocycles. The highest BCUT2D eigenvalue weighted by Gasteiger charge is 2.31. The molecule has 1 aliphatic heterocycles. The predicted octanol–water partition coefficient (Wildman–Crippen LogP) is 8.93. The minimum atomic E-state index is -0.513. The summed E-state index contributed by atoms with van der Waals surface area (Å²) in [4.78, 5) is 6.38. The number of hydrogen-bond acceptors (Lipinski definition) is 3. The molecule has 6 aromatic rings. The lowest BCUT2D eigenvalue weighted by atomic mass is 9.96. The van der Waals surface area contributed by atoms with Crippen LogP contribution in [0.25, 0.3) is 38.5 Å². The fourth-order valence-corrected chi connectivity index (χ4v) is 7.66. The number of nitrogens with one attached hydrogen (secondary N) is 1. The van der Waals surface area contributed by atoms with Gasteiger partial charge in [0.2, 0.25) is 0 Å². The van der Waals surface area contributed by atoms with Gasteiger partial charge in [-0.05, 0) is 46.4 Å². The third-order valence-corrected chi connectivity index (χ3v) is 9.72. The molecule has 8 rings (SSSR count). The molecule has 0 saturated heterocycles. The van der Waals surface area contributed by atoms with Gasteiger partial charge in [0.05, 0.1) is 11.0 Å². The maximum Gasteiger partial charge on any atom is 0.149 e. The molecule has 5 heteroatoms. The second kappa shape index (κ2) is 10.8. The van der Waals surface area contributed by atoms with Crippen LogP contribution in [-0.4, -0.2) is 15.8 Å². The zero-order chi connectivity index (χ0) is 28.8. The van der Waals surface area contributed by atoms with E-state index in [0.717, 1.165) is 28.9 Å². The molecule has 0 radical (unpaired) electrons. The molecular formula is C38H30N4S. The molecule has 0 amide bonds. The molecule has 1 aromatic heterocycles. The zero-order valence-corrected chi connectivity index (χ0v) is 24.3. The lowest BCUT2D eigenvalue weighted by molar-refractivity contribution is 0.773. The van der Waals surface area contributed by atoms with Crippen molar-refractivity contribution in [2.24, 2.45) is 10.7 Å². The first-order chi connectivity index (χ1) is 21.2. The van der Waals surface area contributed by atoms with Crippen LogP contribution in [0.3, 0.4) is 0 Å². The second-order valence-corrected chi connectivity index (χ2v) is 12.2. The maximum atomic E-state index is 6.69. The second-order valence-electron chi connectivity index (χ2n) is 11.0. The number of amidine groups is 1. The summed E-state index contributed by atoms with van der Waals surface area (Å²) < 4.78 is 2.24. The molecule has 2 aliphatic rings. The SMILES string of the molecule is NC(N=C(Nn1c2ccc(-c3ccccc3)cc2c2ccc3c(c21)SC1CC=CC=C31)c1ccccc1)c1ccccc1. The number of fused-ring (bicyclic) bond motifs is 7. The standard InChI is InChI=1S/C38H30N4S/c39-37(26-14-6-2-7-15-26)40-38(27-16-8-3-9-17-27)41-42-33-23-20-28(25-12-4-1-5-13-25)24-32(33)30-21-22-31-29-18-10-11-19-34(29)43-36(31)35(30)42/h1-18,20-24,34,37H,19,39H2,(H,40,41). The van der Waals surface area contributed by atoms with Gasteiger partial charge in [-0.25, -0.2) is 4.99 Å². The first-order valence-corrected chi connectivity index (χ1v) is 15.5. The van der Waals surface area contributed by atoms with Crippen molar-refractivity contribution in [2.75, 3.05) is 5.43 Å². The van der Waals surface area contributed by atoms with E-state index in [9.17, 15) is 0 Å². The van der Waals surface area contributed by atoms with Gasteiger partial charge in [-0.3, -0.25) is 10.1 Å². The van der Waals surface area contributed by atoms with Crippen LogP contribution in [0.5, 0.6) is 0 Å². The van der Waals surface area contributed by atoms with Gasteiger partial charge in [0.15, 0.2) is 0 Å². The molecule has 0 bridgehead atoms. The summed E-state index contributed by atoms with van der Waals surface area (Å²) in [7, 11) is 0. The van der Waals surface area contributed by atoms with Crippen LogP contribution in [0.2, 0.25) is 0 Å². The van der Waals surface area contributed by atoms with E-state index in [2.05, 4.69) is 101 Å². The van der Waals surface area contributed by atoms with Crippen LogP contribution < -0.4 is 11.2 Å². The minimum absolute atomic E-state index is 0.436. The molecule has 0 fully saturated rings. The van der Waals surface area contributed by atoms with Crippen LogP contribution in [0.1, 0.15) is 29.3 Å². The van der Waals surface area contributed by atoms with Crippen molar-refractivity contribution in [1.29, 1.82) is 0 Å². The summed E-state index contributed by atoms with van der Waals surface area (Å²) in [6, 6.07) is 42.3. The largest absolute Gasteiger partial charge is 0.306 e. The summed E-state index contributed by atoms with van der Waals surface area (Å²) in [5.74, 6) is 0.724. The van der Waals surface area contributed by atoms with Gasteiger partial charge in [-0.15, -0.1) is 11.8 Å². The first-order valence-electron chi connectivity index (χ1n) is 14.7. The summed E-state index contributed by atoms with van der Waals surface area (Å²) >= 11 is 1.97. The summed E-state index contributed by atoms with van der Waals surface area (Å²) in [5, 5.41) is 2.86. The number of allylic oxidation sites excluding steroid dienone is 3. The van der Waals surface area contributed by atoms with Crippen molar-refractivity contribution < 1.29 is 0 Å². The van der Waals surface area contributed by atoms with E-state index < -0.39 is 6.17 Å². The molecule has 2 unspecified atom stereocenters. The molecule has 0 spiro atoms. The summed E-state index contributed by atoms with van der Waals surface area (Å²) in [5.41, 5.74) is 19.8. The molecule has 3 N–H and O–H groups in total. The van der Waals surface area contributed by atoms with Gasteiger partial charge >= 0.3 is 0 Å². The van der Waals surface area contributed by atoms with Crippen LogP contribution in [0, 0.1) is 0 Å². The van der Waals surface area contributed by atoms with Crippen LogP contribution in [0.15, 0.2) is 149 Å². The van der Waals surface area contributed by atoms with E-state index in [4.69, 9.17) is 10.7 Å². The first kappa shape index (κ1) is 25.8. The van der Waals surface area contributed by atoms with E-state index in [1.807, 2.05) is 60.3 Å². The van der Waals surface area contributed by atoms with Crippen LogP contribution in [0.4, 0.5) is 0 Å². The van der Waals surface area contributed by atoms with Gasteiger partial charge in [0.25, 0.3) is 0 Å². The fraction of sp³-hybridized carbons (Fsp3) is 0.0789. The fourth-order valence-electron chi connectivity index (χ4n) is 6.21. The molecule has 43 heavy (non-hydrogen) atoms. The van der Waals surface area contributed by atoms with Crippen molar-refractivity contribution in [1.82, 2.24) is 4.68 Å². The third-order valence-electron chi connectivity index (χ3n) is 8.34. The Bertz CT molecular complexity index is 2060. The highest BCUT2D eigenvalue weighted by molar-refractivity contribution is 8.01. The molecule has 1 aliphatic carbocycles. The van der Waals surface area contributed by atoms with Gasteiger partial charge < -0.3 is 5.73 Å². The Hall–Kier alpha value is -4.84. The quantitative estimate of drug-likeness (QED) is 0.160. The van der Waals surface area contributed by atoms with Crippen LogP contribution >= 0.6 is 11.8 Å². The Labute approximate surface area is 255 Å². The van der Waals surface area contributed by atoms with Crippen LogP contribution in [-0.2, 0) is 0 Å². The van der Waals surface area contributed by atoms with Gasteiger partial charge in [-0.1, -0.05) is 127 Å². The predicted molar refractivity (Wildman–Crippen MR) is 182 cm³/mol. The molecule has 2 atom stereocenters. The van der Waals surface area contributed by atoms with Crippen molar-refractivity contribution in [3.05, 3.63) is 156 Å². The summed E-state index contributed by atoms with van der Waals surface area (Å²) in [6.45, 7) is 0. The van der Waals surface area contributed by atoms with Crippen molar-refractivity contribution >= 4 is 45.0 Å². The lowest BCUT2D eigenvalue weighted by Crippen LogP contribution is -2.26. The van der Waals surface area contributed by atoms with Crippen molar-refractivity contribution in [2.45, 2.75) is 22.7 Å². The van der Waals surface area contributed by atoms with E-state index >= 15 is 0 Å². The molecule has 0 saturated carbocycles. The van der Waals surface area contributed by atoms with Gasteiger partial charge in [-0.2, -0.15) is 0 Å². The Morgan fingerprint density at radius 3 is 2.35 bits per heavy atom. The lowest BCUT2D eigenvalue weighted by Gasteiger charge is -2.17. The van der Waals surface area contributed by atoms with Crippen molar-refractivity contribution in [3.8, 4) is 11.1 Å². The number of hydrogen-bond donors (Lipinski definition) is 2. The number of aromatic nitrogens is 1. The van der Waals surface area contributed by atoms with Gasteiger partial charge in [0.1, 0.15) is 12.0 Å². The number of thioether (sulfide) groups is 1. The van der Waals surface area contributed by atoms with Crippen molar-refractivity contribution in [3.63, 3.8) is 0 Å². The molecule has 208 valence electrons. The number of benzene rings is 5. The Morgan fingerprint density at radius 1 is 0.814 bits per heavy atom. The van der Waals surface area contributed by atoms with E-state index in [1.165, 1.54) is 43.4 Å². The zero-order valence-electron chi connectivity index (χ0n) is 23.5. The number of nitrogens with zero attached hydrogens (tertiary/aromatic N) is 2. The number of aliphatic imine (C=N–C) groups is 1. The highest BCUT2D eigenvalue weighted by atomic mass is 32.2. The van der Waals surface area contributed by atoms with E-state index in [0.29, 0.717) is 5.25 Å². The number of nitrogens with two attached hydrogens (primary N) is 1. The minimum Gasteiger partial charge on any atom is -0.306 e. The van der Waals surface area contributed by atoms with E-state index in [-0.39, 0.29) is 0 Å². The topological polar surface area (TPSA) is 55.3 Å². The summed E-state index contributed by atoms with van der Waals surface area (Å²) in [6.07, 6.45) is 7.27. The Balaban J connectivity index is 1.35. The van der Waals surface area contributed by atoms with Gasteiger partial charge in [0, 0.05) is 26.5 Å². The monoisotopic (exact) mass is 574 g/mol. The van der Waals surface area contributed by atoms with E-state index in [1.54, 1.807) is 0 Å². The Kier molecular flexibility index (Phi) is 6.47. The molecule has 5 aromatic carbocycles. The number of rotatable bonds is 5. The third kappa shape index (κ3) is 4.58. The normalized spacial score (nSPS) is 16.6.